The Bertz CT molecular complexity index is 458. The first-order valence-corrected chi connectivity index (χ1v) is 6.68. The highest BCUT2D eigenvalue weighted by molar-refractivity contribution is 9.10. The number of rotatable bonds is 2. The largest absolute Gasteiger partial charge is 0.355 e. The molecule has 0 spiro atoms. The lowest BCUT2D eigenvalue weighted by Crippen LogP contribution is -2.40. The number of carbonyl (C=O) groups is 2. The van der Waals surface area contributed by atoms with Gasteiger partial charge in [-0.1, -0.05) is 15.9 Å². The minimum atomic E-state index is -0.137. The molecule has 1 heterocycles. The van der Waals surface area contributed by atoms with Crippen LogP contribution in [-0.2, 0) is 9.59 Å². The van der Waals surface area contributed by atoms with Gasteiger partial charge in [0.15, 0.2) is 0 Å². The molecule has 96 valence electrons. The van der Waals surface area contributed by atoms with Gasteiger partial charge in [0, 0.05) is 23.1 Å². The standard InChI is InChI=1S/C13H15BrN2O2/c1-8-4-10(14)6-11(5-8)16-13(18)9-2-3-12(17)15-7-9/h4-6,9H,2-3,7H2,1H3,(H,15,17)(H,16,18). The van der Waals surface area contributed by atoms with Gasteiger partial charge in [0.2, 0.25) is 11.8 Å². The first kappa shape index (κ1) is 13.1. The van der Waals surface area contributed by atoms with E-state index in [0.717, 1.165) is 15.7 Å². The fraction of sp³-hybridized carbons (Fsp3) is 0.385. The Morgan fingerprint density at radius 2 is 2.22 bits per heavy atom. The van der Waals surface area contributed by atoms with Crippen molar-refractivity contribution < 1.29 is 9.59 Å². The maximum Gasteiger partial charge on any atom is 0.229 e. The third-order valence-electron chi connectivity index (χ3n) is 2.95. The molecule has 1 aromatic carbocycles. The number of aryl methyl sites for hydroxylation is 1. The minimum absolute atomic E-state index is 0.0253. The van der Waals surface area contributed by atoms with Gasteiger partial charge in [0.05, 0.1) is 5.92 Å². The monoisotopic (exact) mass is 310 g/mol. The van der Waals surface area contributed by atoms with Crippen LogP contribution in [0.4, 0.5) is 5.69 Å². The molecule has 1 aliphatic rings. The van der Waals surface area contributed by atoms with Crippen molar-refractivity contribution in [2.75, 3.05) is 11.9 Å². The minimum Gasteiger partial charge on any atom is -0.355 e. The zero-order chi connectivity index (χ0) is 13.1. The summed E-state index contributed by atoms with van der Waals surface area (Å²) in [6.07, 6.45) is 1.04. The molecule has 4 nitrogen and oxygen atoms in total. The van der Waals surface area contributed by atoms with Gasteiger partial charge in [0.25, 0.3) is 0 Å². The summed E-state index contributed by atoms with van der Waals surface area (Å²) in [5.41, 5.74) is 1.86. The van der Waals surface area contributed by atoms with Crippen LogP contribution in [0.5, 0.6) is 0 Å². The molecule has 1 saturated heterocycles. The van der Waals surface area contributed by atoms with E-state index in [2.05, 4.69) is 26.6 Å². The van der Waals surface area contributed by atoms with Crippen LogP contribution in [0.25, 0.3) is 0 Å². The Balaban J connectivity index is 2.00. The van der Waals surface area contributed by atoms with E-state index in [1.54, 1.807) is 0 Å². The molecule has 18 heavy (non-hydrogen) atoms. The van der Waals surface area contributed by atoms with Crippen molar-refractivity contribution in [3.8, 4) is 0 Å². The van der Waals surface area contributed by atoms with Crippen molar-refractivity contribution in [1.29, 1.82) is 0 Å². The molecule has 0 saturated carbocycles. The third kappa shape index (κ3) is 3.32. The van der Waals surface area contributed by atoms with Crippen LogP contribution in [0.15, 0.2) is 22.7 Å². The van der Waals surface area contributed by atoms with E-state index in [-0.39, 0.29) is 17.7 Å². The fourth-order valence-corrected chi connectivity index (χ4v) is 2.62. The van der Waals surface area contributed by atoms with Gasteiger partial charge in [-0.25, -0.2) is 0 Å². The van der Waals surface area contributed by atoms with Crippen molar-refractivity contribution >= 4 is 33.4 Å². The molecule has 0 aromatic heterocycles. The Kier molecular flexibility index (Phi) is 4.01. The number of piperidine rings is 1. The van der Waals surface area contributed by atoms with Gasteiger partial charge in [-0.05, 0) is 37.1 Å². The van der Waals surface area contributed by atoms with Crippen molar-refractivity contribution in [2.45, 2.75) is 19.8 Å². The molecule has 0 aliphatic carbocycles. The van der Waals surface area contributed by atoms with Crippen LogP contribution in [0.3, 0.4) is 0 Å². The van der Waals surface area contributed by atoms with Crippen LogP contribution in [-0.4, -0.2) is 18.4 Å². The summed E-state index contributed by atoms with van der Waals surface area (Å²) >= 11 is 3.40. The highest BCUT2D eigenvalue weighted by Crippen LogP contribution is 2.20. The first-order valence-electron chi connectivity index (χ1n) is 5.89. The molecule has 5 heteroatoms. The molecular weight excluding hydrogens is 296 g/mol. The Morgan fingerprint density at radius 1 is 1.44 bits per heavy atom. The van der Waals surface area contributed by atoms with Gasteiger partial charge in [0.1, 0.15) is 0 Å². The summed E-state index contributed by atoms with van der Waals surface area (Å²) in [7, 11) is 0. The van der Waals surface area contributed by atoms with Crippen molar-refractivity contribution in [2.24, 2.45) is 5.92 Å². The molecule has 1 unspecified atom stereocenters. The van der Waals surface area contributed by atoms with Crippen molar-refractivity contribution in [3.05, 3.63) is 28.2 Å². The highest BCUT2D eigenvalue weighted by Gasteiger charge is 2.24. The lowest BCUT2D eigenvalue weighted by atomic mass is 9.98. The quantitative estimate of drug-likeness (QED) is 0.880. The van der Waals surface area contributed by atoms with E-state index >= 15 is 0 Å². The number of anilines is 1. The fourth-order valence-electron chi connectivity index (χ4n) is 2.01. The van der Waals surface area contributed by atoms with Crippen LogP contribution >= 0.6 is 15.9 Å². The second kappa shape index (κ2) is 5.52. The number of nitrogens with one attached hydrogen (secondary N) is 2. The predicted octanol–water partition coefficient (Wildman–Crippen LogP) is 2.22. The number of halogens is 1. The number of carbonyl (C=O) groups excluding carboxylic acids is 2. The topological polar surface area (TPSA) is 58.2 Å². The average molecular weight is 311 g/mol. The predicted molar refractivity (Wildman–Crippen MR) is 73.2 cm³/mol. The van der Waals surface area contributed by atoms with Gasteiger partial charge in [-0.2, -0.15) is 0 Å². The summed E-state index contributed by atoms with van der Waals surface area (Å²) < 4.78 is 0.940. The molecule has 0 bridgehead atoms. The normalized spacial score (nSPS) is 19.2. The lowest BCUT2D eigenvalue weighted by molar-refractivity contribution is -0.126. The van der Waals surface area contributed by atoms with E-state index in [1.165, 1.54) is 0 Å². The molecule has 1 atom stereocenters. The van der Waals surface area contributed by atoms with Crippen LogP contribution in [0.2, 0.25) is 0 Å². The van der Waals surface area contributed by atoms with Gasteiger partial charge in [-0.3, -0.25) is 9.59 Å². The molecule has 2 amide bonds. The van der Waals surface area contributed by atoms with E-state index < -0.39 is 0 Å². The van der Waals surface area contributed by atoms with E-state index in [4.69, 9.17) is 0 Å². The van der Waals surface area contributed by atoms with Gasteiger partial charge >= 0.3 is 0 Å². The Morgan fingerprint density at radius 3 is 2.83 bits per heavy atom. The SMILES string of the molecule is Cc1cc(Br)cc(NC(=O)C2CCC(=O)NC2)c1. The van der Waals surface area contributed by atoms with Gasteiger partial charge in [-0.15, -0.1) is 0 Å². The Hall–Kier alpha value is -1.36. The van der Waals surface area contributed by atoms with Crippen LogP contribution < -0.4 is 10.6 Å². The summed E-state index contributed by atoms with van der Waals surface area (Å²) in [5, 5.41) is 5.60. The summed E-state index contributed by atoms with van der Waals surface area (Å²) in [6.45, 7) is 2.40. The number of benzene rings is 1. The van der Waals surface area contributed by atoms with Crippen molar-refractivity contribution in [3.63, 3.8) is 0 Å². The van der Waals surface area contributed by atoms with E-state index in [9.17, 15) is 9.59 Å². The molecule has 1 aromatic rings. The molecule has 1 aliphatic heterocycles. The van der Waals surface area contributed by atoms with E-state index in [1.807, 2.05) is 25.1 Å². The molecule has 0 radical (unpaired) electrons. The molecular formula is C13H15BrN2O2. The number of hydrogen-bond donors (Lipinski definition) is 2. The van der Waals surface area contributed by atoms with Crippen LogP contribution in [0, 0.1) is 12.8 Å². The average Bonchev–Trinajstić information content (AvgIpc) is 2.28. The smallest absolute Gasteiger partial charge is 0.229 e. The number of amides is 2. The zero-order valence-electron chi connectivity index (χ0n) is 10.1. The third-order valence-corrected chi connectivity index (χ3v) is 3.40. The second-order valence-electron chi connectivity index (χ2n) is 4.55. The maximum atomic E-state index is 12.0. The second-order valence-corrected chi connectivity index (χ2v) is 5.46. The first-order chi connectivity index (χ1) is 8.54. The Labute approximate surface area is 114 Å². The zero-order valence-corrected chi connectivity index (χ0v) is 11.7. The summed E-state index contributed by atoms with van der Waals surface area (Å²) in [5.74, 6) is -0.146. The maximum absolute atomic E-state index is 12.0. The van der Waals surface area contributed by atoms with Gasteiger partial charge < -0.3 is 10.6 Å². The summed E-state index contributed by atoms with van der Waals surface area (Å²) in [6, 6.07) is 5.77. The highest BCUT2D eigenvalue weighted by atomic mass is 79.9. The van der Waals surface area contributed by atoms with E-state index in [0.29, 0.717) is 19.4 Å². The molecule has 2 rings (SSSR count). The lowest BCUT2D eigenvalue weighted by Gasteiger charge is -2.21. The van der Waals surface area contributed by atoms with Crippen LogP contribution in [0.1, 0.15) is 18.4 Å². The number of hydrogen-bond acceptors (Lipinski definition) is 2. The van der Waals surface area contributed by atoms with Crippen molar-refractivity contribution in [1.82, 2.24) is 5.32 Å². The summed E-state index contributed by atoms with van der Waals surface area (Å²) in [4.78, 5) is 23.0. The molecule has 2 N–H and O–H groups in total. The molecule has 1 fully saturated rings.